The molecule has 102 valence electrons. The Morgan fingerprint density at radius 1 is 1.33 bits per heavy atom. The van der Waals surface area contributed by atoms with Gasteiger partial charge in [-0.1, -0.05) is 12.8 Å². The molecule has 0 aromatic heterocycles. The van der Waals surface area contributed by atoms with Crippen molar-refractivity contribution in [3.63, 3.8) is 0 Å². The zero-order chi connectivity index (χ0) is 13.0. The SMILES string of the molecule is O=C(O)CCNC(=O)N1CCOC2(CCCC2)C1. The molecule has 1 saturated carbocycles. The quantitative estimate of drug-likeness (QED) is 0.783. The Morgan fingerprint density at radius 3 is 2.72 bits per heavy atom. The van der Waals surface area contributed by atoms with Crippen LogP contribution in [0.25, 0.3) is 0 Å². The second kappa shape index (κ2) is 5.56. The number of hydrogen-bond acceptors (Lipinski definition) is 3. The van der Waals surface area contributed by atoms with E-state index in [1.807, 2.05) is 0 Å². The number of carboxylic acids is 1. The lowest BCUT2D eigenvalue weighted by atomic mass is 10.00. The standard InChI is InChI=1S/C12H20N2O4/c15-10(16)3-6-13-11(17)14-7-8-18-12(9-14)4-1-2-5-12/h1-9H2,(H,13,17)(H,15,16). The van der Waals surface area contributed by atoms with Gasteiger partial charge < -0.3 is 20.1 Å². The molecule has 2 aliphatic rings. The normalized spacial score (nSPS) is 22.1. The molecular weight excluding hydrogens is 236 g/mol. The number of amides is 2. The van der Waals surface area contributed by atoms with E-state index in [2.05, 4.69) is 5.32 Å². The molecule has 2 fully saturated rings. The number of carbonyl (C=O) groups is 2. The number of nitrogens with zero attached hydrogens (tertiary/aromatic N) is 1. The van der Waals surface area contributed by atoms with Gasteiger partial charge in [0, 0.05) is 13.1 Å². The molecule has 0 radical (unpaired) electrons. The number of rotatable bonds is 3. The number of carbonyl (C=O) groups excluding carboxylic acids is 1. The second-order valence-electron chi connectivity index (χ2n) is 5.04. The Morgan fingerprint density at radius 2 is 2.06 bits per heavy atom. The molecule has 1 heterocycles. The highest BCUT2D eigenvalue weighted by molar-refractivity contribution is 5.75. The zero-order valence-electron chi connectivity index (χ0n) is 10.5. The number of morpholine rings is 1. The summed E-state index contributed by atoms with van der Waals surface area (Å²) in [6.45, 7) is 1.97. The van der Waals surface area contributed by atoms with Crippen LogP contribution in [0.2, 0.25) is 0 Å². The minimum atomic E-state index is -0.899. The van der Waals surface area contributed by atoms with E-state index in [1.54, 1.807) is 4.90 Å². The molecule has 1 spiro atoms. The van der Waals surface area contributed by atoms with Crippen molar-refractivity contribution in [1.29, 1.82) is 0 Å². The molecule has 0 unspecified atom stereocenters. The van der Waals surface area contributed by atoms with Gasteiger partial charge in [0.1, 0.15) is 0 Å². The first-order valence-corrected chi connectivity index (χ1v) is 6.50. The number of hydrogen-bond donors (Lipinski definition) is 2. The summed E-state index contributed by atoms with van der Waals surface area (Å²) in [5.74, 6) is -0.899. The summed E-state index contributed by atoms with van der Waals surface area (Å²) in [7, 11) is 0. The summed E-state index contributed by atoms with van der Waals surface area (Å²) in [6, 6.07) is -0.175. The number of carboxylic acid groups (broad SMARTS) is 1. The van der Waals surface area contributed by atoms with Gasteiger partial charge in [0.25, 0.3) is 0 Å². The fraction of sp³-hybridized carbons (Fsp3) is 0.833. The maximum atomic E-state index is 11.9. The van der Waals surface area contributed by atoms with Crippen LogP contribution in [-0.4, -0.2) is 53.8 Å². The summed E-state index contributed by atoms with van der Waals surface area (Å²) in [5.41, 5.74) is -0.137. The van der Waals surface area contributed by atoms with E-state index in [9.17, 15) is 9.59 Å². The van der Waals surface area contributed by atoms with Crippen molar-refractivity contribution < 1.29 is 19.4 Å². The molecule has 1 aliphatic carbocycles. The van der Waals surface area contributed by atoms with Crippen LogP contribution >= 0.6 is 0 Å². The smallest absolute Gasteiger partial charge is 0.317 e. The predicted octanol–water partition coefficient (Wildman–Crippen LogP) is 0.816. The molecule has 6 heteroatoms. The van der Waals surface area contributed by atoms with Crippen molar-refractivity contribution >= 4 is 12.0 Å². The van der Waals surface area contributed by atoms with Crippen LogP contribution in [0.5, 0.6) is 0 Å². The van der Waals surface area contributed by atoms with Gasteiger partial charge in [0.2, 0.25) is 0 Å². The van der Waals surface area contributed by atoms with Crippen LogP contribution in [0.3, 0.4) is 0 Å². The summed E-state index contributed by atoms with van der Waals surface area (Å²) >= 11 is 0. The van der Waals surface area contributed by atoms with Crippen molar-refractivity contribution in [3.05, 3.63) is 0 Å². The van der Waals surface area contributed by atoms with Crippen LogP contribution in [0.1, 0.15) is 32.1 Å². The predicted molar refractivity (Wildman–Crippen MR) is 64.4 cm³/mol. The van der Waals surface area contributed by atoms with E-state index >= 15 is 0 Å². The average Bonchev–Trinajstić information content (AvgIpc) is 2.76. The van der Waals surface area contributed by atoms with Gasteiger partial charge in [0.05, 0.1) is 25.2 Å². The van der Waals surface area contributed by atoms with E-state index < -0.39 is 5.97 Å². The lowest BCUT2D eigenvalue weighted by Crippen LogP contribution is -2.55. The van der Waals surface area contributed by atoms with E-state index in [-0.39, 0.29) is 24.6 Å². The number of nitrogens with one attached hydrogen (secondary N) is 1. The van der Waals surface area contributed by atoms with Crippen LogP contribution < -0.4 is 5.32 Å². The second-order valence-corrected chi connectivity index (χ2v) is 5.04. The van der Waals surface area contributed by atoms with E-state index in [0.29, 0.717) is 19.7 Å². The van der Waals surface area contributed by atoms with Crippen molar-refractivity contribution in [3.8, 4) is 0 Å². The van der Waals surface area contributed by atoms with E-state index in [4.69, 9.17) is 9.84 Å². The highest BCUT2D eigenvalue weighted by atomic mass is 16.5. The van der Waals surface area contributed by atoms with E-state index in [1.165, 1.54) is 0 Å². The number of urea groups is 1. The summed E-state index contributed by atoms with van der Waals surface area (Å²) in [5, 5.41) is 11.2. The van der Waals surface area contributed by atoms with Crippen LogP contribution in [0.4, 0.5) is 4.79 Å². The summed E-state index contributed by atoms with van der Waals surface area (Å²) in [6.07, 6.45) is 4.32. The summed E-state index contributed by atoms with van der Waals surface area (Å²) in [4.78, 5) is 24.0. The third-order valence-corrected chi connectivity index (χ3v) is 3.67. The molecule has 2 rings (SSSR count). The highest BCUT2D eigenvalue weighted by Gasteiger charge is 2.40. The molecule has 0 bridgehead atoms. The Hall–Kier alpha value is -1.30. The molecule has 0 aromatic rings. The first kappa shape index (κ1) is 13.1. The maximum absolute atomic E-state index is 11.9. The van der Waals surface area contributed by atoms with Gasteiger partial charge in [-0.05, 0) is 12.8 Å². The third kappa shape index (κ3) is 3.13. The van der Waals surface area contributed by atoms with Gasteiger partial charge in [0.15, 0.2) is 0 Å². The van der Waals surface area contributed by atoms with E-state index in [0.717, 1.165) is 25.7 Å². The largest absolute Gasteiger partial charge is 0.481 e. The Labute approximate surface area is 106 Å². The third-order valence-electron chi connectivity index (χ3n) is 3.67. The summed E-state index contributed by atoms with van der Waals surface area (Å²) < 4.78 is 5.83. The van der Waals surface area contributed by atoms with Crippen molar-refractivity contribution in [2.24, 2.45) is 0 Å². The molecular formula is C12H20N2O4. The highest BCUT2D eigenvalue weighted by Crippen LogP contribution is 2.35. The van der Waals surface area contributed by atoms with Crippen molar-refractivity contribution in [1.82, 2.24) is 10.2 Å². The topological polar surface area (TPSA) is 78.9 Å². The molecule has 0 aromatic carbocycles. The van der Waals surface area contributed by atoms with Crippen LogP contribution in [0.15, 0.2) is 0 Å². The van der Waals surface area contributed by atoms with Gasteiger partial charge in [-0.25, -0.2) is 4.79 Å². The molecule has 18 heavy (non-hydrogen) atoms. The van der Waals surface area contributed by atoms with Gasteiger partial charge in [-0.3, -0.25) is 4.79 Å². The van der Waals surface area contributed by atoms with Crippen molar-refractivity contribution in [2.75, 3.05) is 26.2 Å². The Kier molecular flexibility index (Phi) is 4.06. The minimum absolute atomic E-state index is 0.0405. The lowest BCUT2D eigenvalue weighted by Gasteiger charge is -2.40. The first-order valence-electron chi connectivity index (χ1n) is 6.50. The van der Waals surface area contributed by atoms with Gasteiger partial charge in [-0.2, -0.15) is 0 Å². The first-order chi connectivity index (χ1) is 8.61. The lowest BCUT2D eigenvalue weighted by molar-refractivity contribution is -0.136. The van der Waals surface area contributed by atoms with Crippen LogP contribution in [-0.2, 0) is 9.53 Å². The number of aliphatic carboxylic acids is 1. The van der Waals surface area contributed by atoms with Gasteiger partial charge in [-0.15, -0.1) is 0 Å². The Bertz CT molecular complexity index is 326. The fourth-order valence-corrected chi connectivity index (χ4v) is 2.73. The molecule has 1 aliphatic heterocycles. The average molecular weight is 256 g/mol. The molecule has 2 amide bonds. The van der Waals surface area contributed by atoms with Gasteiger partial charge >= 0.3 is 12.0 Å². The molecule has 2 N–H and O–H groups in total. The zero-order valence-corrected chi connectivity index (χ0v) is 10.5. The van der Waals surface area contributed by atoms with Crippen LogP contribution in [0, 0.1) is 0 Å². The monoisotopic (exact) mass is 256 g/mol. The fourth-order valence-electron chi connectivity index (χ4n) is 2.73. The minimum Gasteiger partial charge on any atom is -0.481 e. The Balaban J connectivity index is 1.81. The maximum Gasteiger partial charge on any atom is 0.317 e. The van der Waals surface area contributed by atoms with Crippen molar-refractivity contribution in [2.45, 2.75) is 37.7 Å². The molecule has 1 saturated heterocycles. The number of ether oxygens (including phenoxy) is 1. The molecule has 6 nitrogen and oxygen atoms in total. The molecule has 0 atom stereocenters.